The molecule has 0 aromatic heterocycles. The number of nitrogens with zero attached hydrogens (tertiary/aromatic N) is 1. The van der Waals surface area contributed by atoms with E-state index in [0.717, 1.165) is 11.8 Å². The molecule has 0 aromatic carbocycles. The molecule has 0 fully saturated rings. The van der Waals surface area contributed by atoms with Crippen molar-refractivity contribution in [1.82, 2.24) is 0 Å². The molecule has 0 bridgehead atoms. The number of rotatable bonds is 1. The minimum Gasteiger partial charge on any atom is -0.185 e. The van der Waals surface area contributed by atoms with Gasteiger partial charge < -0.3 is 0 Å². The molecule has 0 unspecified atom stereocenters. The van der Waals surface area contributed by atoms with Crippen molar-refractivity contribution in [2.75, 3.05) is 0 Å². The summed E-state index contributed by atoms with van der Waals surface area (Å²) >= 11 is 6.37. The number of allylic oxidation sites excluding steroid dienone is 1. The zero-order chi connectivity index (χ0) is 5.70. The van der Waals surface area contributed by atoms with Gasteiger partial charge in [0, 0.05) is 10.4 Å². The van der Waals surface area contributed by atoms with Gasteiger partial charge in [-0.3, -0.25) is 0 Å². The van der Waals surface area contributed by atoms with E-state index >= 15 is 0 Å². The number of hydrogen-bond donors (Lipinski definition) is 0. The molecule has 38 valence electrons. The Hall–Kier alpha value is -0.130. The van der Waals surface area contributed by atoms with Gasteiger partial charge in [0.05, 0.1) is 0 Å². The summed E-state index contributed by atoms with van der Waals surface area (Å²) in [6.45, 7) is 1.73. The number of nitriles is 1. The van der Waals surface area contributed by atoms with Crippen molar-refractivity contribution in [3.05, 3.63) is 10.4 Å². The molecule has 0 aliphatic carbocycles. The smallest absolute Gasteiger partial charge is 0.138 e. The maximum absolute atomic E-state index is 7.92. The molecule has 0 aromatic rings. The van der Waals surface area contributed by atoms with E-state index in [1.807, 2.05) is 5.40 Å². The van der Waals surface area contributed by atoms with Crippen LogP contribution in [0, 0.1) is 10.7 Å². The third kappa shape index (κ3) is 5.87. The van der Waals surface area contributed by atoms with Crippen LogP contribution in [0.25, 0.3) is 0 Å². The first kappa shape index (κ1) is 6.87. The van der Waals surface area contributed by atoms with Gasteiger partial charge >= 0.3 is 0 Å². The standard InChI is InChI=1S/C4H4ClNS/c1-4(5)2-7-3-6/h2H,1H3. The lowest BCUT2D eigenvalue weighted by Crippen LogP contribution is -1.48. The van der Waals surface area contributed by atoms with Gasteiger partial charge in [0.25, 0.3) is 0 Å². The molecule has 0 amide bonds. The molecule has 0 aliphatic rings. The van der Waals surface area contributed by atoms with Crippen LogP contribution >= 0.6 is 23.4 Å². The lowest BCUT2D eigenvalue weighted by Gasteiger charge is -1.74. The lowest BCUT2D eigenvalue weighted by atomic mass is 10.8. The van der Waals surface area contributed by atoms with Crippen molar-refractivity contribution in [3.63, 3.8) is 0 Å². The fourth-order valence-corrected chi connectivity index (χ4v) is 0.456. The van der Waals surface area contributed by atoms with Crippen LogP contribution in [-0.2, 0) is 0 Å². The highest BCUT2D eigenvalue weighted by Gasteiger charge is 1.75. The molecule has 0 spiro atoms. The van der Waals surface area contributed by atoms with Gasteiger partial charge in [0.2, 0.25) is 0 Å². The van der Waals surface area contributed by atoms with Crippen LogP contribution < -0.4 is 0 Å². The molecule has 0 saturated heterocycles. The van der Waals surface area contributed by atoms with Crippen molar-refractivity contribution in [1.29, 1.82) is 5.26 Å². The third-order valence-corrected chi connectivity index (χ3v) is 1.09. The molecular formula is C4H4ClNS. The Morgan fingerprint density at radius 2 is 2.57 bits per heavy atom. The first-order valence-corrected chi connectivity index (χ1v) is 2.90. The van der Waals surface area contributed by atoms with E-state index in [1.54, 1.807) is 12.3 Å². The van der Waals surface area contributed by atoms with E-state index in [1.165, 1.54) is 0 Å². The van der Waals surface area contributed by atoms with Crippen molar-refractivity contribution in [3.8, 4) is 5.40 Å². The van der Waals surface area contributed by atoms with Crippen molar-refractivity contribution in [2.45, 2.75) is 6.92 Å². The topological polar surface area (TPSA) is 23.8 Å². The SMILES string of the molecule is CC(Cl)=CSC#N. The summed E-state index contributed by atoms with van der Waals surface area (Å²) in [5.41, 5.74) is 0. The summed E-state index contributed by atoms with van der Waals surface area (Å²) in [5, 5.41) is 12.0. The van der Waals surface area contributed by atoms with Crippen LogP contribution in [0.15, 0.2) is 10.4 Å². The van der Waals surface area contributed by atoms with E-state index in [4.69, 9.17) is 16.9 Å². The van der Waals surface area contributed by atoms with Crippen LogP contribution in [0.1, 0.15) is 6.92 Å². The first-order valence-electron chi connectivity index (χ1n) is 1.64. The number of thioether (sulfide) groups is 1. The van der Waals surface area contributed by atoms with Gasteiger partial charge in [-0.1, -0.05) is 11.6 Å². The van der Waals surface area contributed by atoms with Crippen LogP contribution in [0.2, 0.25) is 0 Å². The zero-order valence-electron chi connectivity index (χ0n) is 3.81. The van der Waals surface area contributed by atoms with Crippen LogP contribution in [0.3, 0.4) is 0 Å². The maximum Gasteiger partial charge on any atom is 0.138 e. The van der Waals surface area contributed by atoms with Gasteiger partial charge in [0.1, 0.15) is 5.40 Å². The van der Waals surface area contributed by atoms with Crippen LogP contribution in [-0.4, -0.2) is 0 Å². The van der Waals surface area contributed by atoms with Crippen molar-refractivity contribution in [2.24, 2.45) is 0 Å². The second-order valence-electron chi connectivity index (χ2n) is 0.914. The second kappa shape index (κ2) is 4.04. The molecule has 0 N–H and O–H groups in total. The summed E-state index contributed by atoms with van der Waals surface area (Å²) in [5.74, 6) is 0. The Balaban J connectivity index is 3.32. The highest BCUT2D eigenvalue weighted by atomic mass is 35.5. The molecule has 0 aliphatic heterocycles. The Morgan fingerprint density at radius 3 is 2.71 bits per heavy atom. The van der Waals surface area contributed by atoms with Crippen molar-refractivity contribution >= 4 is 23.4 Å². The van der Waals surface area contributed by atoms with E-state index < -0.39 is 0 Å². The van der Waals surface area contributed by atoms with Gasteiger partial charge in [-0.15, -0.1) is 0 Å². The predicted octanol–water partition coefficient (Wildman–Crippen LogP) is 2.30. The van der Waals surface area contributed by atoms with E-state index in [-0.39, 0.29) is 0 Å². The molecule has 7 heavy (non-hydrogen) atoms. The second-order valence-corrected chi connectivity index (χ2v) is 2.16. The van der Waals surface area contributed by atoms with Crippen LogP contribution in [0.4, 0.5) is 0 Å². The molecule has 0 heterocycles. The predicted molar refractivity (Wildman–Crippen MR) is 32.8 cm³/mol. The van der Waals surface area contributed by atoms with Gasteiger partial charge in [0.15, 0.2) is 0 Å². The molecular weight excluding hydrogens is 130 g/mol. The summed E-state index contributed by atoms with van der Waals surface area (Å²) in [6.07, 6.45) is 0. The lowest BCUT2D eigenvalue weighted by molar-refractivity contribution is 1.57. The van der Waals surface area contributed by atoms with Crippen LogP contribution in [0.5, 0.6) is 0 Å². The van der Waals surface area contributed by atoms with Gasteiger partial charge in [-0.25, -0.2) is 0 Å². The Kier molecular flexibility index (Phi) is 3.97. The molecule has 0 saturated carbocycles. The number of thiocyanates is 1. The van der Waals surface area contributed by atoms with E-state index in [0.29, 0.717) is 5.03 Å². The van der Waals surface area contributed by atoms with Gasteiger partial charge in [-0.05, 0) is 18.7 Å². The minimum absolute atomic E-state index is 0.645. The summed E-state index contributed by atoms with van der Waals surface area (Å²) in [7, 11) is 0. The highest BCUT2D eigenvalue weighted by Crippen LogP contribution is 2.06. The molecule has 1 nitrogen and oxygen atoms in total. The van der Waals surface area contributed by atoms with E-state index in [2.05, 4.69) is 0 Å². The Morgan fingerprint density at radius 1 is 2.00 bits per heavy atom. The molecule has 3 heteroatoms. The Labute approximate surface area is 52.0 Å². The van der Waals surface area contributed by atoms with Crippen molar-refractivity contribution < 1.29 is 0 Å². The molecule has 0 rings (SSSR count). The average Bonchev–Trinajstić information content (AvgIpc) is 1.61. The monoisotopic (exact) mass is 133 g/mol. The highest BCUT2D eigenvalue weighted by molar-refractivity contribution is 8.06. The normalized spacial score (nSPS) is 10.7. The third-order valence-electron chi connectivity index (χ3n) is 0.274. The average molecular weight is 134 g/mol. The molecule has 0 radical (unpaired) electrons. The summed E-state index contributed by atoms with van der Waals surface area (Å²) in [6, 6.07) is 0. The quantitative estimate of drug-likeness (QED) is 0.513. The summed E-state index contributed by atoms with van der Waals surface area (Å²) in [4.78, 5) is 0. The van der Waals surface area contributed by atoms with Gasteiger partial charge in [-0.2, -0.15) is 5.26 Å². The largest absolute Gasteiger partial charge is 0.185 e. The van der Waals surface area contributed by atoms with E-state index in [9.17, 15) is 0 Å². The Bertz CT molecular complexity index is 109. The fourth-order valence-electron chi connectivity index (χ4n) is 0.108. The summed E-state index contributed by atoms with van der Waals surface area (Å²) < 4.78 is 0. The number of hydrogen-bond acceptors (Lipinski definition) is 2. The fraction of sp³-hybridized carbons (Fsp3) is 0.250. The maximum atomic E-state index is 7.92. The molecule has 0 atom stereocenters. The number of halogens is 1. The minimum atomic E-state index is 0.645. The zero-order valence-corrected chi connectivity index (χ0v) is 5.38. The first-order chi connectivity index (χ1) is 3.27.